The van der Waals surface area contributed by atoms with Gasteiger partial charge in [0, 0.05) is 38.9 Å². The van der Waals surface area contributed by atoms with E-state index < -0.39 is 0 Å². The van der Waals surface area contributed by atoms with Gasteiger partial charge in [-0.2, -0.15) is 4.98 Å². The molecule has 1 aromatic carbocycles. The Labute approximate surface area is 179 Å². The van der Waals surface area contributed by atoms with Crippen LogP contribution in [-0.2, 0) is 13.6 Å². The van der Waals surface area contributed by atoms with Crippen molar-refractivity contribution in [3.8, 4) is 11.3 Å². The third kappa shape index (κ3) is 3.42. The summed E-state index contributed by atoms with van der Waals surface area (Å²) in [6.07, 6.45) is 6.09. The number of aliphatic hydroxyl groups excluding tert-OH is 1. The van der Waals surface area contributed by atoms with E-state index in [-0.39, 0.29) is 12.4 Å². The fourth-order valence-electron chi connectivity index (χ4n) is 4.36. The Morgan fingerprint density at radius 3 is 2.68 bits per heavy atom. The molecule has 8 nitrogen and oxygen atoms in total. The summed E-state index contributed by atoms with van der Waals surface area (Å²) in [5.74, 6) is 0.622. The Bertz CT molecular complexity index is 1240. The second kappa shape index (κ2) is 7.88. The number of rotatable bonds is 5. The quantitative estimate of drug-likeness (QED) is 0.531. The van der Waals surface area contributed by atoms with Crippen LogP contribution in [0.3, 0.4) is 0 Å². The van der Waals surface area contributed by atoms with Crippen molar-refractivity contribution < 1.29 is 9.50 Å². The molecule has 1 saturated heterocycles. The van der Waals surface area contributed by atoms with Gasteiger partial charge in [0.15, 0.2) is 5.65 Å². The highest BCUT2D eigenvalue weighted by atomic mass is 19.1. The van der Waals surface area contributed by atoms with Gasteiger partial charge >= 0.3 is 0 Å². The van der Waals surface area contributed by atoms with E-state index in [1.54, 1.807) is 12.7 Å². The molecule has 162 valence electrons. The number of benzene rings is 1. The minimum Gasteiger partial charge on any atom is -0.396 e. The molecule has 4 heterocycles. The number of nitrogens with zero attached hydrogens (tertiary/aromatic N) is 7. The summed E-state index contributed by atoms with van der Waals surface area (Å²) in [6.45, 7) is 4.55. The van der Waals surface area contributed by atoms with Gasteiger partial charge in [-0.15, -0.1) is 0 Å². The number of imidazole rings is 2. The second-order valence-corrected chi connectivity index (χ2v) is 8.28. The molecule has 1 aliphatic rings. The van der Waals surface area contributed by atoms with Gasteiger partial charge in [0.05, 0.1) is 18.2 Å². The van der Waals surface area contributed by atoms with Crippen LogP contribution in [0.4, 0.5) is 10.3 Å². The van der Waals surface area contributed by atoms with Gasteiger partial charge in [0.1, 0.15) is 22.5 Å². The summed E-state index contributed by atoms with van der Waals surface area (Å²) >= 11 is 0. The van der Waals surface area contributed by atoms with E-state index in [9.17, 15) is 5.11 Å². The molecule has 5 rings (SSSR count). The average molecular weight is 423 g/mol. The first-order valence-corrected chi connectivity index (χ1v) is 10.8. The highest BCUT2D eigenvalue weighted by Crippen LogP contribution is 2.32. The number of piperidine rings is 1. The lowest BCUT2D eigenvalue weighted by Crippen LogP contribution is -2.36. The molecule has 1 aliphatic heterocycles. The monoisotopic (exact) mass is 423 g/mol. The van der Waals surface area contributed by atoms with Crippen LogP contribution in [0.2, 0.25) is 0 Å². The molecule has 0 spiro atoms. The first-order valence-electron chi connectivity index (χ1n) is 10.8. The smallest absolute Gasteiger partial charge is 0.228 e. The normalized spacial score (nSPS) is 15.4. The molecule has 1 N–H and O–H groups in total. The molecular formula is C22H26FN7O. The second-order valence-electron chi connectivity index (χ2n) is 8.28. The van der Waals surface area contributed by atoms with Crippen LogP contribution in [0.1, 0.15) is 26.2 Å². The molecule has 0 amide bonds. The highest BCUT2D eigenvalue weighted by Gasteiger charge is 2.23. The van der Waals surface area contributed by atoms with Crippen molar-refractivity contribution in [1.82, 2.24) is 29.1 Å². The minimum atomic E-state index is -0.313. The predicted octanol–water partition coefficient (Wildman–Crippen LogP) is 3.14. The Kier molecular flexibility index (Phi) is 5.05. The number of hydrogen-bond donors (Lipinski definition) is 1. The number of aliphatic hydroxyl groups is 1. The van der Waals surface area contributed by atoms with E-state index in [4.69, 9.17) is 9.97 Å². The molecule has 0 aliphatic carbocycles. The maximum atomic E-state index is 15.1. The zero-order valence-corrected chi connectivity index (χ0v) is 17.8. The SMILES string of the molecule is CCCn1cnc2cc(-c3nc(N4CCC(CO)CC4)nc4c3ncn4C)cc(F)c21. The largest absolute Gasteiger partial charge is 0.396 e. The maximum Gasteiger partial charge on any atom is 0.228 e. The summed E-state index contributed by atoms with van der Waals surface area (Å²) in [5.41, 5.74) is 3.73. The van der Waals surface area contributed by atoms with Crippen LogP contribution in [0.5, 0.6) is 0 Å². The maximum absolute atomic E-state index is 15.1. The number of fused-ring (bicyclic) bond motifs is 2. The number of halogens is 1. The van der Waals surface area contributed by atoms with Gasteiger partial charge in [0.2, 0.25) is 5.95 Å². The van der Waals surface area contributed by atoms with Crippen molar-refractivity contribution in [2.45, 2.75) is 32.7 Å². The third-order valence-electron chi connectivity index (χ3n) is 6.11. The third-order valence-corrected chi connectivity index (χ3v) is 6.11. The van der Waals surface area contributed by atoms with Crippen molar-refractivity contribution in [3.05, 3.63) is 30.6 Å². The van der Waals surface area contributed by atoms with Crippen molar-refractivity contribution in [2.75, 3.05) is 24.6 Å². The number of hydrogen-bond acceptors (Lipinski definition) is 6. The number of aromatic nitrogens is 6. The van der Waals surface area contributed by atoms with Gasteiger partial charge in [-0.3, -0.25) is 0 Å². The Morgan fingerprint density at radius 1 is 1.13 bits per heavy atom. The van der Waals surface area contributed by atoms with Crippen LogP contribution in [-0.4, -0.2) is 53.9 Å². The van der Waals surface area contributed by atoms with Gasteiger partial charge in [0.25, 0.3) is 0 Å². The molecular weight excluding hydrogens is 397 g/mol. The van der Waals surface area contributed by atoms with Crippen molar-refractivity contribution in [2.24, 2.45) is 13.0 Å². The topological polar surface area (TPSA) is 84.9 Å². The Balaban J connectivity index is 1.62. The highest BCUT2D eigenvalue weighted by molar-refractivity contribution is 5.92. The standard InChI is InChI=1S/C22H26FN7O/c1-3-6-30-13-24-17-10-15(9-16(23)20(17)30)18-19-21(28(2)12-25-19)27-22(26-18)29-7-4-14(11-31)5-8-29/h9-10,12-14,31H,3-8,11H2,1-2H3. The lowest BCUT2D eigenvalue weighted by molar-refractivity contribution is 0.202. The van der Waals surface area contributed by atoms with E-state index in [0.717, 1.165) is 38.9 Å². The molecule has 3 aromatic heterocycles. The summed E-state index contributed by atoms with van der Waals surface area (Å²) in [4.78, 5) is 20.6. The van der Waals surface area contributed by atoms with Gasteiger partial charge < -0.3 is 19.1 Å². The van der Waals surface area contributed by atoms with Crippen molar-refractivity contribution in [3.63, 3.8) is 0 Å². The molecule has 4 aromatic rings. The summed E-state index contributed by atoms with van der Waals surface area (Å²) in [5, 5.41) is 9.43. The molecule has 9 heteroatoms. The lowest BCUT2D eigenvalue weighted by Gasteiger charge is -2.31. The Morgan fingerprint density at radius 2 is 1.94 bits per heavy atom. The van der Waals surface area contributed by atoms with Gasteiger partial charge in [-0.05, 0) is 37.3 Å². The van der Waals surface area contributed by atoms with Crippen LogP contribution in [0, 0.1) is 11.7 Å². The summed E-state index contributed by atoms with van der Waals surface area (Å²) in [6, 6.07) is 3.40. The zero-order chi connectivity index (χ0) is 21.5. The van der Waals surface area contributed by atoms with E-state index in [1.807, 2.05) is 22.2 Å². The van der Waals surface area contributed by atoms with E-state index in [2.05, 4.69) is 21.8 Å². The summed E-state index contributed by atoms with van der Waals surface area (Å²) < 4.78 is 18.8. The molecule has 0 unspecified atom stereocenters. The summed E-state index contributed by atoms with van der Waals surface area (Å²) in [7, 11) is 1.89. The number of aryl methyl sites for hydroxylation is 2. The fourth-order valence-corrected chi connectivity index (χ4v) is 4.36. The van der Waals surface area contributed by atoms with E-state index in [0.29, 0.717) is 45.3 Å². The van der Waals surface area contributed by atoms with Gasteiger partial charge in [-0.25, -0.2) is 19.3 Å². The van der Waals surface area contributed by atoms with Gasteiger partial charge in [-0.1, -0.05) is 6.92 Å². The van der Waals surface area contributed by atoms with Crippen molar-refractivity contribution >= 4 is 28.1 Å². The molecule has 0 atom stereocenters. The van der Waals surface area contributed by atoms with Crippen LogP contribution >= 0.6 is 0 Å². The molecule has 1 fully saturated rings. The number of anilines is 1. The van der Waals surface area contributed by atoms with Crippen molar-refractivity contribution in [1.29, 1.82) is 0 Å². The molecule has 31 heavy (non-hydrogen) atoms. The Hall–Kier alpha value is -3.07. The fraction of sp³-hybridized carbons (Fsp3) is 0.455. The molecule has 0 saturated carbocycles. The van der Waals surface area contributed by atoms with E-state index >= 15 is 4.39 Å². The molecule has 0 radical (unpaired) electrons. The van der Waals surface area contributed by atoms with E-state index in [1.165, 1.54) is 6.07 Å². The predicted molar refractivity (Wildman–Crippen MR) is 117 cm³/mol. The van der Waals surface area contributed by atoms with Crippen LogP contribution in [0.25, 0.3) is 33.5 Å². The zero-order valence-electron chi connectivity index (χ0n) is 17.8. The first-order chi connectivity index (χ1) is 15.1. The lowest BCUT2D eigenvalue weighted by atomic mass is 9.98. The minimum absolute atomic E-state index is 0.213. The molecule has 0 bridgehead atoms. The first kappa shape index (κ1) is 19.9. The van der Waals surface area contributed by atoms with Crippen LogP contribution < -0.4 is 4.90 Å². The average Bonchev–Trinajstić information content (AvgIpc) is 3.37. The van der Waals surface area contributed by atoms with Crippen LogP contribution in [0.15, 0.2) is 24.8 Å².